The van der Waals surface area contributed by atoms with E-state index >= 15 is 0 Å². The Labute approximate surface area is 194 Å². The summed E-state index contributed by atoms with van der Waals surface area (Å²) in [4.78, 5) is 29.4. The number of aryl methyl sites for hydroxylation is 1. The van der Waals surface area contributed by atoms with Crippen molar-refractivity contribution in [1.82, 2.24) is 9.55 Å². The molecule has 0 fully saturated rings. The van der Waals surface area contributed by atoms with Gasteiger partial charge in [0, 0.05) is 35.3 Å². The van der Waals surface area contributed by atoms with Gasteiger partial charge in [0.1, 0.15) is 17.6 Å². The Hall–Kier alpha value is -3.53. The predicted molar refractivity (Wildman–Crippen MR) is 128 cm³/mol. The van der Waals surface area contributed by atoms with Crippen molar-refractivity contribution in [2.75, 3.05) is 10.3 Å². The van der Waals surface area contributed by atoms with Crippen LogP contribution in [0.1, 0.15) is 31.2 Å². The molecule has 0 saturated heterocycles. The summed E-state index contributed by atoms with van der Waals surface area (Å²) >= 11 is 1.32. The maximum absolute atomic E-state index is 13.3. The highest BCUT2D eigenvalue weighted by molar-refractivity contribution is 7.14. The maximum atomic E-state index is 13.3. The molecule has 4 rings (SSSR count). The summed E-state index contributed by atoms with van der Waals surface area (Å²) in [5, 5.41) is 10.8. The number of hydrogen-bond acceptors (Lipinski definition) is 6. The maximum Gasteiger partial charge on any atom is 0.273 e. The van der Waals surface area contributed by atoms with E-state index in [0.717, 1.165) is 29.9 Å². The van der Waals surface area contributed by atoms with Crippen LogP contribution in [0.25, 0.3) is 11.3 Å². The quantitative estimate of drug-likeness (QED) is 0.550. The number of nitrogens with two attached hydrogens (primary N) is 1. The minimum atomic E-state index is -0.827. The number of carbonyl (C=O) groups excluding carboxylic acids is 2. The molecule has 0 aliphatic carbocycles. The highest BCUT2D eigenvalue weighted by Crippen LogP contribution is 2.31. The Morgan fingerprint density at radius 2 is 2.00 bits per heavy atom. The first-order valence-corrected chi connectivity index (χ1v) is 11.5. The molecule has 2 amide bonds. The van der Waals surface area contributed by atoms with Crippen molar-refractivity contribution >= 4 is 39.7 Å². The van der Waals surface area contributed by atoms with Crippen LogP contribution in [-0.4, -0.2) is 33.1 Å². The number of benzene rings is 1. The number of halogens is 1. The average molecular weight is 469 g/mol. The topological polar surface area (TPSA) is 106 Å². The molecule has 0 bridgehead atoms. The lowest BCUT2D eigenvalue weighted by Gasteiger charge is -2.20. The minimum Gasteiger partial charge on any atom is -0.368 e. The third kappa shape index (κ3) is 4.51. The summed E-state index contributed by atoms with van der Waals surface area (Å²) in [5.41, 5.74) is 10.3. The smallest absolute Gasteiger partial charge is 0.273 e. The number of anilines is 2. The fraction of sp³-hybridized carbons (Fsp3) is 0.304. The second kappa shape index (κ2) is 9.14. The monoisotopic (exact) mass is 468 g/mol. The van der Waals surface area contributed by atoms with Crippen LogP contribution in [-0.2, 0) is 16.1 Å². The van der Waals surface area contributed by atoms with Gasteiger partial charge in [-0.1, -0.05) is 6.92 Å². The second-order valence-corrected chi connectivity index (χ2v) is 8.78. The fourth-order valence-electron chi connectivity index (χ4n) is 3.95. The molecule has 172 valence electrons. The van der Waals surface area contributed by atoms with Gasteiger partial charge in [-0.2, -0.15) is 5.10 Å². The van der Waals surface area contributed by atoms with E-state index in [-0.39, 0.29) is 12.1 Å². The highest BCUT2D eigenvalue weighted by atomic mass is 32.1. The van der Waals surface area contributed by atoms with Gasteiger partial charge in [-0.15, -0.1) is 11.3 Å². The normalized spacial score (nSPS) is 15.6. The van der Waals surface area contributed by atoms with Gasteiger partial charge in [0.05, 0.1) is 11.4 Å². The Kier molecular flexibility index (Phi) is 6.28. The van der Waals surface area contributed by atoms with E-state index in [1.165, 1.54) is 46.3 Å². The standard InChI is InChI=1S/C23H25FN6O2S/c1-4-9-29-13(2)10-17(14(29)3)19-12-33-23(26-19)27-22(32)18-11-20(21(25)31)30(28-18)16-7-5-15(24)6-8-16/h5-8,10,12,20H,4,9,11H2,1-3H3,(H2,25,31)(H,26,27,32)/t20-/m1/s1. The van der Waals surface area contributed by atoms with Gasteiger partial charge in [-0.3, -0.25) is 19.9 Å². The van der Waals surface area contributed by atoms with Crippen LogP contribution in [0.3, 0.4) is 0 Å². The van der Waals surface area contributed by atoms with Crippen molar-refractivity contribution in [3.63, 3.8) is 0 Å². The van der Waals surface area contributed by atoms with Gasteiger partial charge in [-0.05, 0) is 50.6 Å². The van der Waals surface area contributed by atoms with E-state index in [4.69, 9.17) is 5.73 Å². The zero-order chi connectivity index (χ0) is 23.7. The number of nitrogens with zero attached hydrogens (tertiary/aromatic N) is 4. The van der Waals surface area contributed by atoms with Crippen LogP contribution in [0.15, 0.2) is 40.8 Å². The number of carbonyl (C=O) groups is 2. The zero-order valence-electron chi connectivity index (χ0n) is 18.6. The Morgan fingerprint density at radius 1 is 1.27 bits per heavy atom. The zero-order valence-corrected chi connectivity index (χ0v) is 19.4. The number of aromatic nitrogens is 2. The van der Waals surface area contributed by atoms with Gasteiger partial charge >= 0.3 is 0 Å². The summed E-state index contributed by atoms with van der Waals surface area (Å²) in [5.74, 6) is -1.49. The molecule has 1 aliphatic rings. The Morgan fingerprint density at radius 3 is 2.67 bits per heavy atom. The Bertz CT molecular complexity index is 1230. The molecule has 0 radical (unpaired) electrons. The molecule has 0 saturated carbocycles. The molecule has 0 spiro atoms. The molecule has 3 N–H and O–H groups in total. The van der Waals surface area contributed by atoms with Crippen molar-refractivity contribution in [2.24, 2.45) is 10.8 Å². The van der Waals surface area contributed by atoms with E-state index in [1.54, 1.807) is 0 Å². The lowest BCUT2D eigenvalue weighted by Crippen LogP contribution is -2.39. The molecule has 3 aromatic rings. The third-order valence-electron chi connectivity index (χ3n) is 5.61. The summed E-state index contributed by atoms with van der Waals surface area (Å²) in [7, 11) is 0. The van der Waals surface area contributed by atoms with E-state index < -0.39 is 23.7 Å². The number of amides is 2. The van der Waals surface area contributed by atoms with E-state index in [9.17, 15) is 14.0 Å². The van der Waals surface area contributed by atoms with Crippen LogP contribution < -0.4 is 16.1 Å². The van der Waals surface area contributed by atoms with Crippen molar-refractivity contribution in [3.05, 3.63) is 52.9 Å². The average Bonchev–Trinajstić information content (AvgIpc) is 3.49. The number of hydrogen-bond donors (Lipinski definition) is 2. The molecule has 1 atom stereocenters. The van der Waals surface area contributed by atoms with Crippen LogP contribution in [0.4, 0.5) is 15.2 Å². The van der Waals surface area contributed by atoms with Crippen molar-refractivity contribution in [3.8, 4) is 11.3 Å². The highest BCUT2D eigenvalue weighted by Gasteiger charge is 2.35. The van der Waals surface area contributed by atoms with Gasteiger partial charge < -0.3 is 10.3 Å². The van der Waals surface area contributed by atoms with Crippen molar-refractivity contribution in [1.29, 1.82) is 0 Å². The molecule has 8 nitrogen and oxygen atoms in total. The van der Waals surface area contributed by atoms with E-state index in [0.29, 0.717) is 10.8 Å². The lowest BCUT2D eigenvalue weighted by atomic mass is 10.1. The number of hydrazone groups is 1. The fourth-order valence-corrected chi connectivity index (χ4v) is 4.66. The predicted octanol–water partition coefficient (Wildman–Crippen LogP) is 3.84. The van der Waals surface area contributed by atoms with E-state index in [2.05, 4.69) is 46.8 Å². The molecule has 10 heteroatoms. The molecule has 33 heavy (non-hydrogen) atoms. The molecule has 2 aromatic heterocycles. The van der Waals surface area contributed by atoms with Crippen molar-refractivity contribution < 1.29 is 14.0 Å². The summed E-state index contributed by atoms with van der Waals surface area (Å²) in [6.07, 6.45) is 1.09. The van der Waals surface area contributed by atoms with Gasteiger partial charge in [0.25, 0.3) is 5.91 Å². The van der Waals surface area contributed by atoms with Crippen LogP contribution in [0.5, 0.6) is 0 Å². The molecule has 1 aromatic carbocycles. The summed E-state index contributed by atoms with van der Waals surface area (Å²) in [6.45, 7) is 7.22. The van der Waals surface area contributed by atoms with Crippen molar-refractivity contribution in [2.45, 2.75) is 46.2 Å². The number of rotatable bonds is 7. The molecule has 0 unspecified atom stereocenters. The molecular weight excluding hydrogens is 443 g/mol. The third-order valence-corrected chi connectivity index (χ3v) is 6.37. The van der Waals surface area contributed by atoms with E-state index in [1.807, 2.05) is 5.38 Å². The van der Waals surface area contributed by atoms with Crippen LogP contribution in [0, 0.1) is 19.7 Å². The first-order valence-electron chi connectivity index (χ1n) is 10.6. The molecule has 1 aliphatic heterocycles. The number of primary amides is 1. The van der Waals surface area contributed by atoms with Crippen LogP contribution in [0.2, 0.25) is 0 Å². The summed E-state index contributed by atoms with van der Waals surface area (Å²) < 4.78 is 15.5. The first-order chi connectivity index (χ1) is 15.8. The lowest BCUT2D eigenvalue weighted by molar-refractivity contribution is -0.119. The first kappa shape index (κ1) is 22.7. The second-order valence-electron chi connectivity index (χ2n) is 7.92. The SMILES string of the molecule is CCCn1c(C)cc(-c2csc(NC(=O)C3=NN(c4ccc(F)cc4)[C@@H](C(N)=O)C3)n2)c1C. The largest absolute Gasteiger partial charge is 0.368 e. The summed E-state index contributed by atoms with van der Waals surface area (Å²) in [6, 6.07) is 6.76. The minimum absolute atomic E-state index is 0.0505. The van der Waals surface area contributed by atoms with Gasteiger partial charge in [-0.25, -0.2) is 9.37 Å². The number of nitrogens with one attached hydrogen (secondary N) is 1. The molecular formula is C23H25FN6O2S. The van der Waals surface area contributed by atoms with Gasteiger partial charge in [0.2, 0.25) is 5.91 Å². The van der Waals surface area contributed by atoms with Gasteiger partial charge in [0.15, 0.2) is 5.13 Å². The van der Waals surface area contributed by atoms with Crippen LogP contribution >= 0.6 is 11.3 Å². The Balaban J connectivity index is 1.53. The number of thiazole rings is 1. The molecule has 3 heterocycles.